The highest BCUT2D eigenvalue weighted by Crippen LogP contribution is 2.32. The molecule has 0 fully saturated rings. The molecule has 8 N–H and O–H groups in total. The lowest BCUT2D eigenvalue weighted by Crippen LogP contribution is -2.42. The Morgan fingerprint density at radius 2 is 0.621 bits per heavy atom. The van der Waals surface area contributed by atoms with Gasteiger partial charge in [0, 0.05) is 61.0 Å². The fraction of sp³-hybridized carbons (Fsp3) is 0.481. The van der Waals surface area contributed by atoms with Crippen LogP contribution in [-0.2, 0) is 42.9 Å². The summed E-state index contributed by atoms with van der Waals surface area (Å²) in [5, 5.41) is 51.3. The number of carboxylic acid groups (broad SMARTS) is 4. The largest absolute Gasteiger partial charge is 0.480 e. The van der Waals surface area contributed by atoms with Gasteiger partial charge in [-0.2, -0.15) is 0 Å². The maximum atomic E-state index is 12.8. The van der Waals surface area contributed by atoms with Crippen LogP contribution in [0.3, 0.4) is 0 Å². The molecule has 0 aliphatic rings. The highest BCUT2D eigenvalue weighted by atomic mass is 33.1. The van der Waals surface area contributed by atoms with Gasteiger partial charge in [0.05, 0.1) is 26.4 Å². The third-order valence-electron chi connectivity index (χ3n) is 11.6. The summed E-state index contributed by atoms with van der Waals surface area (Å²) >= 11 is 0. The molecule has 4 heterocycles. The van der Waals surface area contributed by atoms with Crippen LogP contribution < -0.4 is 21.3 Å². The third kappa shape index (κ3) is 35.2. The second-order valence-corrected chi connectivity index (χ2v) is 27.8. The predicted octanol–water partition coefficient (Wildman–Crippen LogP) is 10.2. The molecule has 476 valence electrons. The average molecular weight is 1360 g/mol. The Morgan fingerprint density at radius 1 is 0.368 bits per heavy atom. The summed E-state index contributed by atoms with van der Waals surface area (Å²) in [4.78, 5) is 115. The lowest BCUT2D eigenvalue weighted by atomic mass is 9.96. The number of nitrogens with zero attached hydrogens (tertiary/aromatic N) is 4. The minimum atomic E-state index is -1.23. The van der Waals surface area contributed by atoms with Crippen LogP contribution in [0.25, 0.3) is 0 Å². The lowest BCUT2D eigenvalue weighted by Gasteiger charge is -2.21. The van der Waals surface area contributed by atoms with Gasteiger partial charge in [-0.1, -0.05) is 67.4 Å². The number of aliphatic carboxylic acids is 4. The first-order valence-corrected chi connectivity index (χ1v) is 36.5. The van der Waals surface area contributed by atoms with E-state index in [0.29, 0.717) is 84.3 Å². The molecule has 4 amide bonds. The summed E-state index contributed by atoms with van der Waals surface area (Å²) in [5.41, 5.74) is 0. The molecular weight excluding hydrogens is 1290 g/mol. The van der Waals surface area contributed by atoms with Crippen molar-refractivity contribution in [1.82, 2.24) is 41.2 Å². The van der Waals surface area contributed by atoms with Crippen LogP contribution in [0.1, 0.15) is 64.2 Å². The number of nitrogens with one attached hydrogen (secondary N) is 4. The molecule has 33 heteroatoms. The van der Waals surface area contributed by atoms with Gasteiger partial charge in [0.15, 0.2) is 0 Å². The van der Waals surface area contributed by atoms with Crippen molar-refractivity contribution >= 4 is 135 Å². The van der Waals surface area contributed by atoms with Gasteiger partial charge >= 0.3 is 48.3 Å². The summed E-state index contributed by atoms with van der Waals surface area (Å²) in [5.74, 6) is -4.94. The van der Waals surface area contributed by atoms with Gasteiger partial charge in [-0.25, -0.2) is 58.3 Å². The Kier molecular flexibility index (Phi) is 38.6. The molecule has 87 heavy (non-hydrogen) atoms. The SMILES string of the molecule is O=C(NC(CSSc1ccccn1)C(=O)O)OCCCCC(CCCOC(=O)NC(CSSc1ccccn1)C(=O)O)COCC(CCCCOC(=O)NC(CSSc1ccccn1)C(=O)O)CCCOC(=O)NC(CSSc1ccccn1)C(=O)O. The molecule has 25 nitrogen and oxygen atoms in total. The second kappa shape index (κ2) is 45.6. The zero-order chi connectivity index (χ0) is 62.7. The predicted molar refractivity (Wildman–Crippen MR) is 338 cm³/mol. The first-order valence-electron chi connectivity index (χ1n) is 27.2. The van der Waals surface area contributed by atoms with Crippen LogP contribution >= 0.6 is 86.4 Å². The Hall–Kier alpha value is -5.68. The average Bonchev–Trinajstić information content (AvgIpc) is 3.55. The van der Waals surface area contributed by atoms with Crippen LogP contribution in [0.4, 0.5) is 19.2 Å². The molecule has 4 rings (SSSR count). The maximum absolute atomic E-state index is 12.8. The number of carbonyl (C=O) groups is 8. The van der Waals surface area contributed by atoms with Gasteiger partial charge in [0.1, 0.15) is 44.3 Å². The van der Waals surface area contributed by atoms with Gasteiger partial charge in [-0.3, -0.25) is 0 Å². The van der Waals surface area contributed by atoms with E-state index in [1.165, 1.54) is 86.4 Å². The number of rotatable bonds is 46. The molecule has 6 atom stereocenters. The Morgan fingerprint density at radius 3 is 0.862 bits per heavy atom. The molecule has 0 spiro atoms. The van der Waals surface area contributed by atoms with Crippen molar-refractivity contribution in [3.8, 4) is 0 Å². The Bertz CT molecular complexity index is 2470. The highest BCUT2D eigenvalue weighted by molar-refractivity contribution is 8.77. The zero-order valence-corrected chi connectivity index (χ0v) is 53.5. The van der Waals surface area contributed by atoms with Crippen molar-refractivity contribution in [3.63, 3.8) is 0 Å². The maximum Gasteiger partial charge on any atom is 0.407 e. The number of carboxylic acids is 4. The summed E-state index contributed by atoms with van der Waals surface area (Å²) in [6, 6.07) is 16.5. The second-order valence-electron chi connectivity index (χ2n) is 18.4. The quantitative estimate of drug-likeness (QED) is 0.0116. The molecular formula is C54H70N8O17S8. The smallest absolute Gasteiger partial charge is 0.407 e. The molecule has 0 aliphatic carbocycles. The topological polar surface area (TPSA) is 363 Å². The standard InChI is InChI=1S/C54H70N8O17S8/c63-47(64)39(33-80-84-43-19-1-7-23-55-43)59-51(71)76-27-11-5-15-37(17-13-29-78-53(73)61-41(49(67)68)35-82-86-45-21-3-9-25-57-45)31-75-32-38(18-14-30-79-54(74)62-42(50(69)70)36-83-87-46-22-4-10-26-58-46)16-6-12-28-77-52(72)60-40(48(65)66)34-81-85-44-20-2-8-24-56-44/h1-4,7-10,19-26,37-42H,5-6,11-18,27-36H2,(H,59,71)(H,60,72)(H,61,73)(H,62,74)(H,63,64)(H,65,66)(H,67,68)(H,69,70). The number of carbonyl (C=O) groups excluding carboxylic acids is 4. The highest BCUT2D eigenvalue weighted by Gasteiger charge is 2.25. The molecule has 0 saturated carbocycles. The molecule has 4 aromatic rings. The summed E-state index contributed by atoms with van der Waals surface area (Å²) < 4.78 is 27.8. The zero-order valence-electron chi connectivity index (χ0n) is 47.0. The monoisotopic (exact) mass is 1360 g/mol. The number of pyridine rings is 4. The minimum Gasteiger partial charge on any atom is -0.480 e. The Balaban J connectivity index is 1.31. The third-order valence-corrected chi connectivity index (χ3v) is 20.7. The molecule has 0 aliphatic heterocycles. The van der Waals surface area contributed by atoms with Crippen molar-refractivity contribution in [3.05, 3.63) is 97.6 Å². The van der Waals surface area contributed by atoms with E-state index in [1.807, 2.05) is 0 Å². The molecule has 6 unspecified atom stereocenters. The van der Waals surface area contributed by atoms with Crippen molar-refractivity contribution in [2.45, 2.75) is 108 Å². The van der Waals surface area contributed by atoms with Crippen molar-refractivity contribution in [1.29, 1.82) is 0 Å². The normalized spacial score (nSPS) is 13.1. The minimum absolute atomic E-state index is 0.00614. The summed E-state index contributed by atoms with van der Waals surface area (Å²) in [7, 11) is 9.97. The van der Waals surface area contributed by atoms with Gasteiger partial charge in [0.25, 0.3) is 0 Å². The summed E-state index contributed by atoms with van der Waals surface area (Å²) in [6.07, 6.45) is 7.83. The van der Waals surface area contributed by atoms with E-state index >= 15 is 0 Å². The van der Waals surface area contributed by atoms with Crippen molar-refractivity contribution in [2.24, 2.45) is 11.8 Å². The fourth-order valence-corrected chi connectivity index (χ4v) is 15.4. The molecule has 4 aromatic heterocycles. The van der Waals surface area contributed by atoms with E-state index in [9.17, 15) is 58.8 Å². The number of ether oxygens (including phenoxy) is 5. The van der Waals surface area contributed by atoms with Gasteiger partial charge in [-0.05, 0) is 168 Å². The first-order chi connectivity index (χ1) is 42.1. The number of unbranched alkanes of at least 4 members (excludes halogenated alkanes) is 2. The number of amides is 4. The fourth-order valence-electron chi connectivity index (χ4n) is 7.17. The van der Waals surface area contributed by atoms with Crippen molar-refractivity contribution < 1.29 is 82.5 Å². The van der Waals surface area contributed by atoms with Crippen molar-refractivity contribution in [2.75, 3.05) is 62.7 Å². The van der Waals surface area contributed by atoms with Crippen LogP contribution in [-0.4, -0.2) is 175 Å². The van der Waals surface area contributed by atoms with Crippen LogP contribution in [0.5, 0.6) is 0 Å². The van der Waals surface area contributed by atoms with Crippen LogP contribution in [0.2, 0.25) is 0 Å². The van der Waals surface area contributed by atoms with E-state index in [4.69, 9.17) is 23.7 Å². The lowest BCUT2D eigenvalue weighted by molar-refractivity contribution is -0.139. The van der Waals surface area contributed by atoms with E-state index in [1.54, 1.807) is 97.6 Å². The van der Waals surface area contributed by atoms with Crippen LogP contribution in [0, 0.1) is 11.8 Å². The number of aromatic nitrogens is 4. The van der Waals surface area contributed by atoms with Crippen LogP contribution in [0.15, 0.2) is 118 Å². The van der Waals surface area contributed by atoms with E-state index in [-0.39, 0.29) is 74.5 Å². The number of hydrogen-bond donors (Lipinski definition) is 8. The van der Waals surface area contributed by atoms with Gasteiger partial charge in [0.2, 0.25) is 0 Å². The van der Waals surface area contributed by atoms with E-state index in [2.05, 4.69) is 41.2 Å². The van der Waals surface area contributed by atoms with E-state index in [0.717, 1.165) is 0 Å². The van der Waals surface area contributed by atoms with E-state index < -0.39 is 72.4 Å². The van der Waals surface area contributed by atoms with Gasteiger partial charge in [-0.15, -0.1) is 0 Å². The molecule has 0 radical (unpaired) electrons. The molecule has 0 aromatic carbocycles. The first kappa shape index (κ1) is 73.8. The number of alkyl carbamates (subject to hydrolysis) is 4. The number of hydrogen-bond acceptors (Lipinski definition) is 25. The molecule has 0 saturated heterocycles. The Labute approximate surface area is 535 Å². The van der Waals surface area contributed by atoms with Gasteiger partial charge < -0.3 is 65.4 Å². The molecule has 0 bridgehead atoms. The summed E-state index contributed by atoms with van der Waals surface area (Å²) in [6.45, 7) is 0.421.